The van der Waals surface area contributed by atoms with Crippen LogP contribution in [0.4, 0.5) is 10.7 Å². The fraction of sp³-hybridized carbons (Fsp3) is 0.367. The highest BCUT2D eigenvalue weighted by Crippen LogP contribution is 2.39. The molecule has 0 spiro atoms. The Kier molecular flexibility index (Phi) is 10.2. The van der Waals surface area contributed by atoms with Crippen LogP contribution >= 0.6 is 23.1 Å². The van der Waals surface area contributed by atoms with Gasteiger partial charge in [0.05, 0.1) is 17.9 Å². The minimum absolute atomic E-state index is 0.0243. The SMILES string of the molecule is CCCC(=O)Nc1cccc(SC(CC)C(=O)Nc2sc3c(c2C(=O)OC)CCN(Cc2ccccc2)C3)c1. The fourth-order valence-electron chi connectivity index (χ4n) is 4.62. The van der Waals surface area contributed by atoms with E-state index in [1.165, 1.54) is 35.8 Å². The van der Waals surface area contributed by atoms with Crippen molar-refractivity contribution in [2.45, 2.75) is 62.8 Å². The van der Waals surface area contributed by atoms with Gasteiger partial charge in [0.25, 0.3) is 0 Å². The van der Waals surface area contributed by atoms with Crippen LogP contribution in [-0.4, -0.2) is 41.6 Å². The second kappa shape index (κ2) is 13.8. The molecule has 2 amide bonds. The summed E-state index contributed by atoms with van der Waals surface area (Å²) < 4.78 is 5.11. The van der Waals surface area contributed by atoms with E-state index in [2.05, 4.69) is 27.7 Å². The van der Waals surface area contributed by atoms with E-state index in [0.29, 0.717) is 29.1 Å². The molecule has 3 aromatic rings. The van der Waals surface area contributed by atoms with Crippen molar-refractivity contribution >= 4 is 51.6 Å². The molecule has 39 heavy (non-hydrogen) atoms. The van der Waals surface area contributed by atoms with Crippen molar-refractivity contribution in [1.29, 1.82) is 0 Å². The molecule has 1 unspecified atom stereocenters. The molecule has 1 aromatic heterocycles. The van der Waals surface area contributed by atoms with Gasteiger partial charge in [0, 0.05) is 41.5 Å². The highest BCUT2D eigenvalue weighted by Gasteiger charge is 2.30. The number of rotatable bonds is 11. The first-order valence-corrected chi connectivity index (χ1v) is 15.0. The first-order valence-electron chi connectivity index (χ1n) is 13.3. The second-order valence-electron chi connectivity index (χ2n) is 9.48. The van der Waals surface area contributed by atoms with Crippen LogP contribution in [0.5, 0.6) is 0 Å². The number of methoxy groups -OCH3 is 1. The van der Waals surface area contributed by atoms with Gasteiger partial charge >= 0.3 is 5.97 Å². The van der Waals surface area contributed by atoms with Gasteiger partial charge in [0.1, 0.15) is 5.00 Å². The summed E-state index contributed by atoms with van der Waals surface area (Å²) in [4.78, 5) is 42.6. The minimum atomic E-state index is -0.421. The molecular formula is C30H35N3O4S2. The number of thiophene rings is 1. The van der Waals surface area contributed by atoms with Crippen molar-refractivity contribution in [1.82, 2.24) is 4.90 Å². The molecule has 1 atom stereocenters. The predicted octanol–water partition coefficient (Wildman–Crippen LogP) is 6.34. The zero-order chi connectivity index (χ0) is 27.8. The number of esters is 1. The van der Waals surface area contributed by atoms with Crippen LogP contribution in [0.15, 0.2) is 59.5 Å². The maximum absolute atomic E-state index is 13.4. The van der Waals surface area contributed by atoms with Crippen molar-refractivity contribution < 1.29 is 19.1 Å². The van der Waals surface area contributed by atoms with Gasteiger partial charge in [-0.1, -0.05) is 50.2 Å². The highest BCUT2D eigenvalue weighted by molar-refractivity contribution is 8.00. The number of hydrogen-bond acceptors (Lipinski definition) is 7. The molecule has 2 aromatic carbocycles. The first-order chi connectivity index (χ1) is 18.9. The van der Waals surface area contributed by atoms with E-state index in [1.54, 1.807) is 0 Å². The van der Waals surface area contributed by atoms with Crippen molar-refractivity contribution in [3.05, 3.63) is 76.2 Å². The zero-order valence-electron chi connectivity index (χ0n) is 22.6. The van der Waals surface area contributed by atoms with E-state index in [4.69, 9.17) is 4.74 Å². The quantitative estimate of drug-likeness (QED) is 0.208. The van der Waals surface area contributed by atoms with E-state index in [9.17, 15) is 14.4 Å². The number of carbonyl (C=O) groups is 3. The molecule has 9 heteroatoms. The normalized spacial score (nSPS) is 13.8. The second-order valence-corrected chi connectivity index (χ2v) is 11.9. The van der Waals surface area contributed by atoms with Gasteiger partial charge in [-0.05, 0) is 48.6 Å². The first kappa shape index (κ1) is 28.9. The molecule has 0 radical (unpaired) electrons. The van der Waals surface area contributed by atoms with Crippen LogP contribution in [0.1, 0.15) is 59.5 Å². The third kappa shape index (κ3) is 7.50. The van der Waals surface area contributed by atoms with Crippen LogP contribution in [0.3, 0.4) is 0 Å². The molecule has 4 rings (SSSR count). The van der Waals surface area contributed by atoms with Gasteiger partial charge in [0.2, 0.25) is 11.8 Å². The lowest BCUT2D eigenvalue weighted by molar-refractivity contribution is -0.116. The molecule has 0 fully saturated rings. The van der Waals surface area contributed by atoms with Crippen molar-refractivity contribution in [2.24, 2.45) is 0 Å². The van der Waals surface area contributed by atoms with E-state index >= 15 is 0 Å². The van der Waals surface area contributed by atoms with Crippen LogP contribution in [0.2, 0.25) is 0 Å². The maximum atomic E-state index is 13.4. The molecule has 0 aliphatic carbocycles. The molecule has 0 bridgehead atoms. The number of hydrogen-bond donors (Lipinski definition) is 2. The predicted molar refractivity (Wildman–Crippen MR) is 158 cm³/mol. The van der Waals surface area contributed by atoms with Crippen molar-refractivity contribution in [2.75, 3.05) is 24.3 Å². The summed E-state index contributed by atoms with van der Waals surface area (Å²) in [5.74, 6) is -0.605. The van der Waals surface area contributed by atoms with Crippen LogP contribution in [-0.2, 0) is 33.8 Å². The minimum Gasteiger partial charge on any atom is -0.465 e. The van der Waals surface area contributed by atoms with Gasteiger partial charge in [-0.2, -0.15) is 0 Å². The Bertz CT molecular complexity index is 1310. The lowest BCUT2D eigenvalue weighted by Gasteiger charge is -2.27. The Balaban J connectivity index is 1.48. The fourth-order valence-corrected chi connectivity index (χ4v) is 6.91. The molecule has 2 heterocycles. The number of carbonyl (C=O) groups excluding carboxylic acids is 3. The number of amides is 2. The van der Waals surface area contributed by atoms with E-state index in [0.717, 1.165) is 47.8 Å². The number of ether oxygens (including phenoxy) is 1. The summed E-state index contributed by atoms with van der Waals surface area (Å²) in [6.07, 6.45) is 2.58. The molecule has 2 N–H and O–H groups in total. The average Bonchev–Trinajstić information content (AvgIpc) is 3.29. The van der Waals surface area contributed by atoms with Crippen molar-refractivity contribution in [3.63, 3.8) is 0 Å². The summed E-state index contributed by atoms with van der Waals surface area (Å²) in [6.45, 7) is 6.31. The van der Waals surface area contributed by atoms with Crippen LogP contribution in [0, 0.1) is 0 Å². The Morgan fingerprint density at radius 3 is 2.59 bits per heavy atom. The van der Waals surface area contributed by atoms with Crippen molar-refractivity contribution in [3.8, 4) is 0 Å². The number of nitrogens with one attached hydrogen (secondary N) is 2. The molecular weight excluding hydrogens is 530 g/mol. The maximum Gasteiger partial charge on any atom is 0.341 e. The molecule has 7 nitrogen and oxygen atoms in total. The number of thioether (sulfide) groups is 1. The standard InChI is InChI=1S/C30H35N3O4S2/c1-4-10-26(34)31-21-13-9-14-22(17-21)38-24(5-2)28(35)32-29-27(30(36)37-3)23-15-16-33(19-25(23)39-29)18-20-11-7-6-8-12-20/h6-9,11-14,17,24H,4-5,10,15-16,18-19H2,1-3H3,(H,31,34)(H,32,35). The van der Waals surface area contributed by atoms with Gasteiger partial charge in [-0.25, -0.2) is 4.79 Å². The van der Waals surface area contributed by atoms with Gasteiger partial charge in [0.15, 0.2) is 0 Å². The molecule has 0 saturated heterocycles. The third-order valence-electron chi connectivity index (χ3n) is 6.55. The summed E-state index contributed by atoms with van der Waals surface area (Å²) in [5.41, 5.74) is 3.41. The lowest BCUT2D eigenvalue weighted by Crippen LogP contribution is -2.30. The number of nitrogens with zero attached hydrogens (tertiary/aromatic N) is 1. The molecule has 1 aliphatic heterocycles. The zero-order valence-corrected chi connectivity index (χ0v) is 24.3. The van der Waals surface area contributed by atoms with E-state index < -0.39 is 5.97 Å². The van der Waals surface area contributed by atoms with Crippen LogP contribution in [0.25, 0.3) is 0 Å². The average molecular weight is 566 g/mol. The summed E-state index contributed by atoms with van der Waals surface area (Å²) in [5, 5.41) is 6.15. The molecule has 1 aliphatic rings. The number of benzene rings is 2. The van der Waals surface area contributed by atoms with Gasteiger partial charge < -0.3 is 15.4 Å². The Morgan fingerprint density at radius 1 is 1.08 bits per heavy atom. The number of fused-ring (bicyclic) bond motifs is 1. The molecule has 0 saturated carbocycles. The third-order valence-corrected chi connectivity index (χ3v) is 9.04. The van der Waals surface area contributed by atoms with Gasteiger partial charge in [-0.15, -0.1) is 23.1 Å². The highest BCUT2D eigenvalue weighted by atomic mass is 32.2. The Morgan fingerprint density at radius 2 is 1.87 bits per heavy atom. The van der Waals surface area contributed by atoms with E-state index in [1.807, 2.05) is 56.3 Å². The monoisotopic (exact) mass is 565 g/mol. The summed E-state index contributed by atoms with van der Waals surface area (Å²) in [7, 11) is 1.37. The van der Waals surface area contributed by atoms with E-state index in [-0.39, 0.29) is 17.1 Å². The smallest absolute Gasteiger partial charge is 0.341 e. The topological polar surface area (TPSA) is 87.7 Å². The van der Waals surface area contributed by atoms with Crippen LogP contribution < -0.4 is 10.6 Å². The Labute approximate surface area is 238 Å². The lowest BCUT2D eigenvalue weighted by atomic mass is 10.0. The largest absolute Gasteiger partial charge is 0.465 e. The summed E-state index contributed by atoms with van der Waals surface area (Å²) >= 11 is 2.91. The number of anilines is 2. The van der Waals surface area contributed by atoms with Gasteiger partial charge in [-0.3, -0.25) is 14.5 Å². The molecule has 206 valence electrons. The summed E-state index contributed by atoms with van der Waals surface area (Å²) in [6, 6.07) is 17.9. The Hall–Kier alpha value is -3.14.